The van der Waals surface area contributed by atoms with Gasteiger partial charge in [0.05, 0.1) is 10.0 Å². The van der Waals surface area contributed by atoms with E-state index in [9.17, 15) is 0 Å². The Balaban J connectivity index is 0.00000225. The topological polar surface area (TPSA) is 0 Å². The van der Waals surface area contributed by atoms with E-state index in [1.807, 2.05) is 12.1 Å². The molecule has 0 bridgehead atoms. The minimum absolute atomic E-state index is 0. The van der Waals surface area contributed by atoms with E-state index in [0.29, 0.717) is 16.0 Å². The summed E-state index contributed by atoms with van der Waals surface area (Å²) in [6.07, 6.45) is 4.55. The molecule has 0 aromatic heterocycles. The van der Waals surface area contributed by atoms with Gasteiger partial charge in [-0.1, -0.05) is 86.1 Å². The van der Waals surface area contributed by atoms with E-state index in [1.165, 1.54) is 34.7 Å². The van der Waals surface area contributed by atoms with Crippen molar-refractivity contribution in [3.63, 3.8) is 0 Å². The lowest BCUT2D eigenvalue weighted by atomic mass is 9.93. The summed E-state index contributed by atoms with van der Waals surface area (Å²) in [5, 5.41) is 4.00. The normalized spacial score (nSPS) is 12.0. The minimum Gasteiger partial charge on any atom is -0.0827 e. The summed E-state index contributed by atoms with van der Waals surface area (Å²) in [5.74, 6) is 0.679. The third-order valence-electron chi connectivity index (χ3n) is 4.70. The predicted octanol–water partition coefficient (Wildman–Crippen LogP) is 7.98. The number of benzene rings is 3. The van der Waals surface area contributed by atoms with Gasteiger partial charge in [-0.15, -0.1) is 0 Å². The first kappa shape index (κ1) is 19.8. The Labute approximate surface area is 161 Å². The molecule has 1 atom stereocenters. The van der Waals surface area contributed by atoms with E-state index in [4.69, 9.17) is 23.2 Å². The van der Waals surface area contributed by atoms with Crippen LogP contribution >= 0.6 is 23.2 Å². The molecule has 0 aliphatic heterocycles. The molecule has 3 aromatic rings. The average molecular weight is 373 g/mol. The number of aryl methyl sites for hydroxylation is 2. The summed E-state index contributed by atoms with van der Waals surface area (Å²) in [5.41, 5.74) is 2.72. The summed E-state index contributed by atoms with van der Waals surface area (Å²) in [6, 6.07) is 21.2. The summed E-state index contributed by atoms with van der Waals surface area (Å²) >= 11 is 12.1. The molecule has 132 valence electrons. The van der Waals surface area contributed by atoms with E-state index in [2.05, 4.69) is 55.5 Å². The Morgan fingerprint density at radius 3 is 2.32 bits per heavy atom. The molecule has 0 fully saturated rings. The summed E-state index contributed by atoms with van der Waals surface area (Å²) in [7, 11) is 0. The van der Waals surface area contributed by atoms with Crippen LogP contribution in [0.25, 0.3) is 10.8 Å². The average Bonchev–Trinajstić information content (AvgIpc) is 2.61. The molecule has 0 N–H and O–H groups in total. The molecule has 1 unspecified atom stereocenters. The SMILES string of the molecule is C.CC(CCc1ccc(Cl)c(Cl)c1)CCc1cccc2ccccc12. The maximum atomic E-state index is 6.09. The summed E-state index contributed by atoms with van der Waals surface area (Å²) < 4.78 is 0. The monoisotopic (exact) mass is 372 g/mol. The molecule has 25 heavy (non-hydrogen) atoms. The van der Waals surface area contributed by atoms with E-state index in [1.54, 1.807) is 0 Å². The molecule has 0 amide bonds. The lowest BCUT2D eigenvalue weighted by Crippen LogP contribution is -2.00. The highest BCUT2D eigenvalue weighted by Gasteiger charge is 2.07. The summed E-state index contributed by atoms with van der Waals surface area (Å²) in [4.78, 5) is 0. The Bertz CT molecular complexity index is 818. The van der Waals surface area contributed by atoms with E-state index < -0.39 is 0 Å². The fourth-order valence-corrected chi connectivity index (χ4v) is 3.49. The number of fused-ring (bicyclic) bond motifs is 1. The van der Waals surface area contributed by atoms with Crippen LogP contribution in [0.4, 0.5) is 0 Å². The zero-order valence-corrected chi connectivity index (χ0v) is 15.4. The fourth-order valence-electron chi connectivity index (χ4n) is 3.16. The van der Waals surface area contributed by atoms with Crippen molar-refractivity contribution in [2.24, 2.45) is 5.92 Å². The number of halogens is 2. The van der Waals surface area contributed by atoms with Crippen LogP contribution in [0.3, 0.4) is 0 Å². The van der Waals surface area contributed by atoms with Gasteiger partial charge in [0, 0.05) is 0 Å². The predicted molar refractivity (Wildman–Crippen MR) is 113 cm³/mol. The van der Waals surface area contributed by atoms with Crippen LogP contribution in [0.2, 0.25) is 10.0 Å². The molecule has 0 saturated heterocycles. The lowest BCUT2D eigenvalue weighted by molar-refractivity contribution is 0.493. The van der Waals surface area contributed by atoms with Gasteiger partial charge < -0.3 is 0 Å². The number of hydrogen-bond donors (Lipinski definition) is 0. The second-order valence-corrected chi connectivity index (χ2v) is 7.38. The molecule has 0 saturated carbocycles. The first-order valence-electron chi connectivity index (χ1n) is 8.54. The largest absolute Gasteiger partial charge is 0.0827 e. The second-order valence-electron chi connectivity index (χ2n) is 6.57. The molecule has 3 aromatic carbocycles. The summed E-state index contributed by atoms with van der Waals surface area (Å²) in [6.45, 7) is 2.34. The zero-order chi connectivity index (χ0) is 16.9. The van der Waals surface area contributed by atoms with Crippen molar-refractivity contribution in [2.75, 3.05) is 0 Å². The van der Waals surface area contributed by atoms with Gasteiger partial charge >= 0.3 is 0 Å². The molecule has 0 aliphatic rings. The zero-order valence-electron chi connectivity index (χ0n) is 13.9. The van der Waals surface area contributed by atoms with Gasteiger partial charge in [-0.3, -0.25) is 0 Å². The Morgan fingerprint density at radius 1 is 0.800 bits per heavy atom. The van der Waals surface area contributed by atoms with E-state index in [0.717, 1.165) is 12.8 Å². The van der Waals surface area contributed by atoms with Crippen molar-refractivity contribution in [3.8, 4) is 0 Å². The van der Waals surface area contributed by atoms with Crippen molar-refractivity contribution in [3.05, 3.63) is 81.8 Å². The van der Waals surface area contributed by atoms with Crippen molar-refractivity contribution in [2.45, 2.75) is 40.0 Å². The van der Waals surface area contributed by atoms with Crippen LogP contribution in [-0.4, -0.2) is 0 Å². The highest BCUT2D eigenvalue weighted by atomic mass is 35.5. The molecule has 0 nitrogen and oxygen atoms in total. The number of hydrogen-bond acceptors (Lipinski definition) is 0. The molecule has 0 heterocycles. The molecule has 2 heteroatoms. The van der Waals surface area contributed by atoms with Crippen molar-refractivity contribution >= 4 is 34.0 Å². The van der Waals surface area contributed by atoms with Gasteiger partial charge in [0.2, 0.25) is 0 Å². The van der Waals surface area contributed by atoms with Gasteiger partial charge in [-0.25, -0.2) is 0 Å². The molecule has 0 spiro atoms. The standard InChI is InChI=1S/C22H22Cl2.CH4/c1-16(9-11-17-12-14-21(23)22(24)15-17)10-13-19-7-4-6-18-5-2-3-8-20(18)19;/h2-8,12,14-16H,9-11,13H2,1H3;1H4. The second kappa shape index (κ2) is 9.27. The maximum Gasteiger partial charge on any atom is 0.0595 e. The molecule has 0 aliphatic carbocycles. The van der Waals surface area contributed by atoms with Crippen LogP contribution < -0.4 is 0 Å². The van der Waals surface area contributed by atoms with Crippen LogP contribution in [-0.2, 0) is 12.8 Å². The van der Waals surface area contributed by atoms with Gasteiger partial charge in [-0.2, -0.15) is 0 Å². The van der Waals surface area contributed by atoms with Gasteiger partial charge in [-0.05, 0) is 65.6 Å². The van der Waals surface area contributed by atoms with Crippen molar-refractivity contribution < 1.29 is 0 Å². The first-order valence-corrected chi connectivity index (χ1v) is 9.29. The fraction of sp³-hybridized carbons (Fsp3) is 0.304. The molecular formula is C23H26Cl2. The van der Waals surface area contributed by atoms with Crippen LogP contribution in [0.1, 0.15) is 38.3 Å². The number of rotatable bonds is 6. The highest BCUT2D eigenvalue weighted by Crippen LogP contribution is 2.25. The quantitative estimate of drug-likeness (QED) is 0.411. The van der Waals surface area contributed by atoms with Gasteiger partial charge in [0.25, 0.3) is 0 Å². The lowest BCUT2D eigenvalue weighted by Gasteiger charge is -2.13. The Morgan fingerprint density at radius 2 is 1.52 bits per heavy atom. The smallest absolute Gasteiger partial charge is 0.0595 e. The molecule has 3 rings (SSSR count). The highest BCUT2D eigenvalue weighted by molar-refractivity contribution is 6.42. The van der Waals surface area contributed by atoms with Crippen molar-refractivity contribution in [1.29, 1.82) is 0 Å². The molecule has 0 radical (unpaired) electrons. The third kappa shape index (κ3) is 5.23. The van der Waals surface area contributed by atoms with E-state index >= 15 is 0 Å². The van der Waals surface area contributed by atoms with Crippen molar-refractivity contribution in [1.82, 2.24) is 0 Å². The van der Waals surface area contributed by atoms with Gasteiger partial charge in [0.15, 0.2) is 0 Å². The van der Waals surface area contributed by atoms with Crippen LogP contribution in [0, 0.1) is 5.92 Å². The van der Waals surface area contributed by atoms with Gasteiger partial charge in [0.1, 0.15) is 0 Å². The van der Waals surface area contributed by atoms with E-state index in [-0.39, 0.29) is 7.43 Å². The molecular weight excluding hydrogens is 347 g/mol. The first-order chi connectivity index (χ1) is 11.6. The third-order valence-corrected chi connectivity index (χ3v) is 5.44. The Hall–Kier alpha value is -1.50. The maximum absolute atomic E-state index is 6.09. The van der Waals surface area contributed by atoms with Crippen LogP contribution in [0.15, 0.2) is 60.7 Å². The minimum atomic E-state index is 0. The van der Waals surface area contributed by atoms with Crippen LogP contribution in [0.5, 0.6) is 0 Å². The Kier molecular flexibility index (Phi) is 7.35.